The molecule has 2 heteroatoms. The van der Waals surface area contributed by atoms with E-state index >= 15 is 0 Å². The first-order chi connectivity index (χ1) is 8.84. The maximum atomic E-state index is 11.7. The number of Topliss-reactive ketones (excluding diaryl/α,β-unsaturated/α-hetero) is 1. The van der Waals surface area contributed by atoms with Crippen molar-refractivity contribution >= 4 is 12.0 Å². The molecular formula is C16H15NO. The fraction of sp³-hybridized carbons (Fsp3) is 0.125. The van der Waals surface area contributed by atoms with Crippen LogP contribution in [-0.2, 0) is 17.8 Å². The Morgan fingerprint density at radius 3 is 2.06 bits per heavy atom. The molecule has 18 heavy (non-hydrogen) atoms. The Morgan fingerprint density at radius 2 is 1.44 bits per heavy atom. The molecule has 0 radical (unpaired) electrons. The molecule has 0 aliphatic rings. The maximum absolute atomic E-state index is 11.7. The van der Waals surface area contributed by atoms with Crippen LogP contribution in [-0.4, -0.2) is 12.0 Å². The lowest BCUT2D eigenvalue weighted by molar-refractivity contribution is -0.112. The SMILES string of the molecule is O=C(C=NCc1ccccc1)Cc1ccccc1. The van der Waals surface area contributed by atoms with Crippen molar-refractivity contribution in [3.05, 3.63) is 71.8 Å². The topological polar surface area (TPSA) is 29.4 Å². The van der Waals surface area contributed by atoms with Crippen molar-refractivity contribution in [1.82, 2.24) is 0 Å². The summed E-state index contributed by atoms with van der Waals surface area (Å²) in [5.41, 5.74) is 2.13. The fourth-order valence-corrected chi connectivity index (χ4v) is 1.68. The number of nitrogens with zero attached hydrogens (tertiary/aromatic N) is 1. The summed E-state index contributed by atoms with van der Waals surface area (Å²) >= 11 is 0. The van der Waals surface area contributed by atoms with Gasteiger partial charge in [0.15, 0.2) is 5.78 Å². The fourth-order valence-electron chi connectivity index (χ4n) is 1.68. The molecule has 0 N–H and O–H groups in total. The lowest BCUT2D eigenvalue weighted by Crippen LogP contribution is -2.03. The van der Waals surface area contributed by atoms with Crippen LogP contribution in [0.2, 0.25) is 0 Å². The first-order valence-electron chi connectivity index (χ1n) is 5.95. The highest BCUT2D eigenvalue weighted by atomic mass is 16.1. The van der Waals surface area contributed by atoms with Crippen LogP contribution in [0.15, 0.2) is 65.7 Å². The number of ketones is 1. The van der Waals surface area contributed by atoms with Gasteiger partial charge < -0.3 is 0 Å². The van der Waals surface area contributed by atoms with Crippen LogP contribution in [0.5, 0.6) is 0 Å². The summed E-state index contributed by atoms with van der Waals surface area (Å²) in [7, 11) is 0. The Morgan fingerprint density at radius 1 is 0.889 bits per heavy atom. The van der Waals surface area contributed by atoms with Gasteiger partial charge in [0.1, 0.15) is 0 Å². The van der Waals surface area contributed by atoms with Crippen molar-refractivity contribution < 1.29 is 4.79 Å². The van der Waals surface area contributed by atoms with Crippen LogP contribution in [0, 0.1) is 0 Å². The number of carbonyl (C=O) groups excluding carboxylic acids is 1. The first-order valence-corrected chi connectivity index (χ1v) is 5.95. The van der Waals surface area contributed by atoms with Gasteiger partial charge in [-0.1, -0.05) is 60.7 Å². The highest BCUT2D eigenvalue weighted by molar-refractivity contribution is 6.28. The van der Waals surface area contributed by atoms with Crippen molar-refractivity contribution in [3.8, 4) is 0 Å². The average molecular weight is 237 g/mol. The van der Waals surface area contributed by atoms with Gasteiger partial charge in [0.2, 0.25) is 0 Å². The molecule has 0 atom stereocenters. The van der Waals surface area contributed by atoms with Crippen LogP contribution in [0.25, 0.3) is 0 Å². The molecule has 0 spiro atoms. The molecule has 0 aliphatic heterocycles. The minimum atomic E-state index is 0.0390. The maximum Gasteiger partial charge on any atom is 0.177 e. The molecule has 0 bridgehead atoms. The molecule has 90 valence electrons. The molecular weight excluding hydrogens is 222 g/mol. The molecule has 0 aromatic heterocycles. The van der Waals surface area contributed by atoms with Gasteiger partial charge in [-0.15, -0.1) is 0 Å². The van der Waals surface area contributed by atoms with Crippen LogP contribution >= 0.6 is 0 Å². The molecule has 0 fully saturated rings. The molecule has 0 saturated carbocycles. The molecule has 2 aromatic carbocycles. The van der Waals surface area contributed by atoms with Crippen molar-refractivity contribution in [2.45, 2.75) is 13.0 Å². The summed E-state index contributed by atoms with van der Waals surface area (Å²) in [6, 6.07) is 19.6. The number of benzene rings is 2. The second-order valence-electron chi connectivity index (χ2n) is 4.08. The summed E-state index contributed by atoms with van der Waals surface area (Å²) < 4.78 is 0. The minimum Gasteiger partial charge on any atom is -0.293 e. The van der Waals surface area contributed by atoms with Gasteiger partial charge in [0.25, 0.3) is 0 Å². The van der Waals surface area contributed by atoms with Gasteiger partial charge in [-0.05, 0) is 11.1 Å². The third-order valence-electron chi connectivity index (χ3n) is 2.57. The Labute approximate surface area is 107 Å². The monoisotopic (exact) mass is 237 g/mol. The number of hydrogen-bond donors (Lipinski definition) is 0. The van der Waals surface area contributed by atoms with Gasteiger partial charge in [-0.2, -0.15) is 0 Å². The van der Waals surface area contributed by atoms with Crippen LogP contribution in [0.4, 0.5) is 0 Å². The Hall–Kier alpha value is -2.22. The van der Waals surface area contributed by atoms with E-state index in [0.717, 1.165) is 11.1 Å². The lowest BCUT2D eigenvalue weighted by Gasteiger charge is -1.96. The molecule has 0 heterocycles. The predicted octanol–water partition coefficient (Wildman–Crippen LogP) is 3.07. The summed E-state index contributed by atoms with van der Waals surface area (Å²) in [6.45, 7) is 0.557. The minimum absolute atomic E-state index is 0.0390. The van der Waals surface area contributed by atoms with Gasteiger partial charge in [0, 0.05) is 6.42 Å². The summed E-state index contributed by atoms with van der Waals surface area (Å²) in [6.07, 6.45) is 1.85. The van der Waals surface area contributed by atoms with Gasteiger partial charge in [0.05, 0.1) is 12.8 Å². The van der Waals surface area contributed by atoms with E-state index in [1.165, 1.54) is 6.21 Å². The molecule has 2 aromatic rings. The van der Waals surface area contributed by atoms with Gasteiger partial charge in [-0.3, -0.25) is 9.79 Å². The smallest absolute Gasteiger partial charge is 0.177 e. The Kier molecular flexibility index (Phi) is 4.42. The standard InChI is InChI=1S/C16H15NO/c18-16(11-14-7-3-1-4-8-14)13-17-12-15-9-5-2-6-10-15/h1-10,13H,11-12H2. The molecule has 0 unspecified atom stereocenters. The van der Waals surface area contributed by atoms with Crippen LogP contribution < -0.4 is 0 Å². The van der Waals surface area contributed by atoms with E-state index in [2.05, 4.69) is 4.99 Å². The van der Waals surface area contributed by atoms with E-state index in [4.69, 9.17) is 0 Å². The largest absolute Gasteiger partial charge is 0.293 e. The highest BCUT2D eigenvalue weighted by Crippen LogP contribution is 2.01. The van der Waals surface area contributed by atoms with E-state index in [-0.39, 0.29) is 5.78 Å². The Bertz CT molecular complexity index is 517. The van der Waals surface area contributed by atoms with Crippen molar-refractivity contribution in [2.24, 2.45) is 4.99 Å². The number of hydrogen-bond acceptors (Lipinski definition) is 2. The second-order valence-corrected chi connectivity index (χ2v) is 4.08. The molecule has 2 nitrogen and oxygen atoms in total. The second kappa shape index (κ2) is 6.50. The first kappa shape index (κ1) is 12.2. The van der Waals surface area contributed by atoms with Crippen molar-refractivity contribution in [1.29, 1.82) is 0 Å². The highest BCUT2D eigenvalue weighted by Gasteiger charge is 1.99. The van der Waals surface area contributed by atoms with E-state index in [0.29, 0.717) is 13.0 Å². The van der Waals surface area contributed by atoms with Gasteiger partial charge in [-0.25, -0.2) is 0 Å². The zero-order valence-electron chi connectivity index (χ0n) is 10.1. The molecule has 0 amide bonds. The van der Waals surface area contributed by atoms with Crippen molar-refractivity contribution in [2.75, 3.05) is 0 Å². The number of rotatable bonds is 5. The Balaban J connectivity index is 1.85. The number of aliphatic imine (C=N–C) groups is 1. The average Bonchev–Trinajstić information content (AvgIpc) is 2.41. The van der Waals surface area contributed by atoms with E-state index in [1.807, 2.05) is 60.7 Å². The summed E-state index contributed by atoms with van der Waals surface area (Å²) in [4.78, 5) is 15.8. The van der Waals surface area contributed by atoms with E-state index < -0.39 is 0 Å². The third-order valence-corrected chi connectivity index (χ3v) is 2.57. The summed E-state index contributed by atoms with van der Waals surface area (Å²) in [5, 5.41) is 0. The van der Waals surface area contributed by atoms with Crippen LogP contribution in [0.1, 0.15) is 11.1 Å². The quantitative estimate of drug-likeness (QED) is 0.735. The van der Waals surface area contributed by atoms with E-state index in [1.54, 1.807) is 0 Å². The number of carbonyl (C=O) groups is 1. The van der Waals surface area contributed by atoms with E-state index in [9.17, 15) is 4.79 Å². The summed E-state index contributed by atoms with van der Waals surface area (Å²) in [5.74, 6) is 0.0390. The van der Waals surface area contributed by atoms with Gasteiger partial charge >= 0.3 is 0 Å². The zero-order valence-corrected chi connectivity index (χ0v) is 10.1. The molecule has 0 aliphatic carbocycles. The normalized spacial score (nSPS) is 10.7. The van der Waals surface area contributed by atoms with Crippen LogP contribution in [0.3, 0.4) is 0 Å². The van der Waals surface area contributed by atoms with Crippen molar-refractivity contribution in [3.63, 3.8) is 0 Å². The third kappa shape index (κ3) is 3.98. The molecule has 2 rings (SSSR count). The predicted molar refractivity (Wildman–Crippen MR) is 73.8 cm³/mol. The molecule has 0 saturated heterocycles. The zero-order chi connectivity index (χ0) is 12.6. The lowest BCUT2D eigenvalue weighted by atomic mass is 10.1.